The van der Waals surface area contributed by atoms with Crippen molar-refractivity contribution in [2.75, 3.05) is 39.7 Å². The molecule has 194 valence electrons. The van der Waals surface area contributed by atoms with Gasteiger partial charge in [0.15, 0.2) is 18.1 Å². The fraction of sp³-hybridized carbons (Fsp3) is 0.600. The Morgan fingerprint density at radius 1 is 1.00 bits per heavy atom. The molecule has 0 spiro atoms. The number of ether oxygens (including phenoxy) is 3. The number of nitrogens with one attached hydrogen (secondary N) is 2. The molecule has 0 saturated heterocycles. The molecule has 10 nitrogen and oxygen atoms in total. The minimum absolute atomic E-state index is 0.0349. The first-order valence-corrected chi connectivity index (χ1v) is 11.7. The van der Waals surface area contributed by atoms with Crippen molar-refractivity contribution in [1.29, 1.82) is 0 Å². The maximum atomic E-state index is 12.9. The van der Waals surface area contributed by atoms with E-state index < -0.39 is 24.0 Å². The van der Waals surface area contributed by atoms with Gasteiger partial charge in [0.25, 0.3) is 5.91 Å². The first-order valence-electron chi connectivity index (χ1n) is 11.7. The van der Waals surface area contributed by atoms with E-state index in [0.717, 1.165) is 32.1 Å². The zero-order valence-corrected chi connectivity index (χ0v) is 21.5. The molecule has 1 aromatic rings. The highest BCUT2D eigenvalue weighted by Crippen LogP contribution is 2.35. The minimum Gasteiger partial charge on any atom is -0.493 e. The summed E-state index contributed by atoms with van der Waals surface area (Å²) in [6.45, 7) is 4.77. The molecule has 2 N–H and O–H groups in total. The van der Waals surface area contributed by atoms with Crippen LogP contribution in [0.4, 0.5) is 5.69 Å². The van der Waals surface area contributed by atoms with Gasteiger partial charge in [-0.3, -0.25) is 14.4 Å². The summed E-state index contributed by atoms with van der Waals surface area (Å²) in [6, 6.07) is 2.91. The number of methoxy groups -OCH3 is 2. The topological polar surface area (TPSA) is 123 Å². The number of hydrogen-bond acceptors (Lipinski definition) is 7. The zero-order valence-electron chi connectivity index (χ0n) is 21.5. The molecule has 0 heterocycles. The van der Waals surface area contributed by atoms with Crippen LogP contribution in [-0.2, 0) is 19.1 Å². The summed E-state index contributed by atoms with van der Waals surface area (Å²) in [5.74, 6) is -1.38. The zero-order chi connectivity index (χ0) is 26.2. The summed E-state index contributed by atoms with van der Waals surface area (Å²) >= 11 is 0. The van der Waals surface area contributed by atoms with Crippen LogP contribution < -0.4 is 20.1 Å². The molecule has 10 heteroatoms. The molecule has 35 heavy (non-hydrogen) atoms. The Morgan fingerprint density at radius 2 is 1.60 bits per heavy atom. The van der Waals surface area contributed by atoms with E-state index in [4.69, 9.17) is 14.2 Å². The predicted octanol–water partition coefficient (Wildman–Crippen LogP) is 2.75. The van der Waals surface area contributed by atoms with E-state index in [1.165, 1.54) is 38.3 Å². The van der Waals surface area contributed by atoms with Crippen molar-refractivity contribution in [2.45, 2.75) is 58.4 Å². The lowest BCUT2D eigenvalue weighted by Crippen LogP contribution is -2.46. The fourth-order valence-electron chi connectivity index (χ4n) is 3.83. The SMILES string of the molecule is COc1cc(NC(=O)C2CCCCC2)c(C(=O)OCC(=O)N(C)CC(=O)NC(C)(C)C)cc1OC. The van der Waals surface area contributed by atoms with Gasteiger partial charge >= 0.3 is 5.97 Å². The minimum atomic E-state index is -0.814. The highest BCUT2D eigenvalue weighted by Gasteiger charge is 2.26. The summed E-state index contributed by atoms with van der Waals surface area (Å²) in [7, 11) is 4.33. The quantitative estimate of drug-likeness (QED) is 0.509. The van der Waals surface area contributed by atoms with E-state index in [1.54, 1.807) is 0 Å². The van der Waals surface area contributed by atoms with E-state index in [0.29, 0.717) is 5.75 Å². The second-order valence-corrected chi connectivity index (χ2v) is 9.70. The average molecular weight is 492 g/mol. The highest BCUT2D eigenvalue weighted by atomic mass is 16.5. The second kappa shape index (κ2) is 12.4. The highest BCUT2D eigenvalue weighted by molar-refractivity contribution is 6.03. The Bertz CT molecular complexity index is 934. The third-order valence-electron chi connectivity index (χ3n) is 5.63. The van der Waals surface area contributed by atoms with Gasteiger partial charge in [-0.1, -0.05) is 19.3 Å². The van der Waals surface area contributed by atoms with Crippen molar-refractivity contribution in [1.82, 2.24) is 10.2 Å². The van der Waals surface area contributed by atoms with Crippen molar-refractivity contribution in [2.24, 2.45) is 5.92 Å². The average Bonchev–Trinajstić information content (AvgIpc) is 2.81. The number of nitrogens with zero attached hydrogens (tertiary/aromatic N) is 1. The molecule has 0 unspecified atom stereocenters. The molecule has 2 rings (SSSR count). The smallest absolute Gasteiger partial charge is 0.340 e. The van der Waals surface area contributed by atoms with Crippen LogP contribution in [0.2, 0.25) is 0 Å². The monoisotopic (exact) mass is 491 g/mol. The van der Waals surface area contributed by atoms with Crippen LogP contribution in [0.1, 0.15) is 63.2 Å². The second-order valence-electron chi connectivity index (χ2n) is 9.70. The van der Waals surface area contributed by atoms with Crippen LogP contribution in [0, 0.1) is 5.92 Å². The van der Waals surface area contributed by atoms with E-state index in [1.807, 2.05) is 20.8 Å². The summed E-state index contributed by atoms with van der Waals surface area (Å²) in [5, 5.41) is 5.59. The van der Waals surface area contributed by atoms with Crippen molar-refractivity contribution in [3.8, 4) is 11.5 Å². The Labute approximate surface area is 206 Å². The molecule has 1 aliphatic carbocycles. The van der Waals surface area contributed by atoms with Crippen LogP contribution in [0.5, 0.6) is 11.5 Å². The molecule has 1 fully saturated rings. The third-order valence-corrected chi connectivity index (χ3v) is 5.63. The normalized spacial score (nSPS) is 14.0. The lowest BCUT2D eigenvalue weighted by atomic mass is 9.88. The van der Waals surface area contributed by atoms with Gasteiger partial charge in [0.05, 0.1) is 32.0 Å². The van der Waals surface area contributed by atoms with Crippen LogP contribution in [0.25, 0.3) is 0 Å². The summed E-state index contributed by atoms with van der Waals surface area (Å²) in [5.41, 5.74) is -0.180. The Balaban J connectivity index is 2.12. The van der Waals surface area contributed by atoms with Crippen molar-refractivity contribution in [3.63, 3.8) is 0 Å². The largest absolute Gasteiger partial charge is 0.493 e. The first-order chi connectivity index (χ1) is 16.4. The molecule has 0 aromatic heterocycles. The van der Waals surface area contributed by atoms with Crippen LogP contribution in [-0.4, -0.2) is 68.5 Å². The van der Waals surface area contributed by atoms with Gasteiger partial charge in [-0.05, 0) is 33.6 Å². The Kier molecular flexibility index (Phi) is 9.91. The van der Waals surface area contributed by atoms with Gasteiger partial charge in [0.2, 0.25) is 11.8 Å². The molecule has 0 bridgehead atoms. The molecule has 1 aliphatic rings. The molecule has 3 amide bonds. The van der Waals surface area contributed by atoms with E-state index in [-0.39, 0.29) is 41.3 Å². The molecule has 0 radical (unpaired) electrons. The van der Waals surface area contributed by atoms with Crippen LogP contribution >= 0.6 is 0 Å². The van der Waals surface area contributed by atoms with Gasteiger partial charge in [-0.2, -0.15) is 0 Å². The number of carbonyl (C=O) groups is 4. The number of hydrogen-bond donors (Lipinski definition) is 2. The number of esters is 1. The maximum Gasteiger partial charge on any atom is 0.340 e. The third kappa shape index (κ3) is 8.45. The molecular formula is C25H37N3O7. The van der Waals surface area contributed by atoms with Crippen molar-refractivity contribution >= 4 is 29.4 Å². The van der Waals surface area contributed by atoms with Gasteiger partial charge in [0.1, 0.15) is 0 Å². The first kappa shape index (κ1) is 27.9. The van der Waals surface area contributed by atoms with Gasteiger partial charge in [0, 0.05) is 30.6 Å². The molecule has 0 aliphatic heterocycles. The van der Waals surface area contributed by atoms with Crippen molar-refractivity contribution in [3.05, 3.63) is 17.7 Å². The molecular weight excluding hydrogens is 454 g/mol. The van der Waals surface area contributed by atoms with Gasteiger partial charge in [-0.25, -0.2) is 4.79 Å². The van der Waals surface area contributed by atoms with E-state index in [2.05, 4.69) is 10.6 Å². The summed E-state index contributed by atoms with van der Waals surface area (Å²) in [4.78, 5) is 51.4. The van der Waals surface area contributed by atoms with Crippen molar-refractivity contribution < 1.29 is 33.4 Å². The lowest BCUT2D eigenvalue weighted by Gasteiger charge is -2.23. The number of rotatable bonds is 9. The Morgan fingerprint density at radius 3 is 2.17 bits per heavy atom. The molecule has 1 aromatic carbocycles. The van der Waals surface area contributed by atoms with Crippen LogP contribution in [0.15, 0.2) is 12.1 Å². The standard InChI is InChI=1S/C25H37N3O7/c1-25(2,3)27-21(29)14-28(4)22(30)15-35-24(32)17-12-19(33-5)20(34-6)13-18(17)26-23(31)16-10-8-7-9-11-16/h12-13,16H,7-11,14-15H2,1-6H3,(H,26,31)(H,27,29). The predicted molar refractivity (Wildman–Crippen MR) is 131 cm³/mol. The summed E-state index contributed by atoms with van der Waals surface area (Å²) < 4.78 is 15.8. The van der Waals surface area contributed by atoms with Gasteiger partial charge < -0.3 is 29.7 Å². The van der Waals surface area contributed by atoms with E-state index >= 15 is 0 Å². The summed E-state index contributed by atoms with van der Waals surface area (Å²) in [6.07, 6.45) is 4.67. The number of likely N-dealkylation sites (N-methyl/N-ethyl adjacent to an activating group) is 1. The fourth-order valence-corrected chi connectivity index (χ4v) is 3.83. The number of carbonyl (C=O) groups excluding carboxylic acids is 4. The van der Waals surface area contributed by atoms with Gasteiger partial charge in [-0.15, -0.1) is 0 Å². The van der Waals surface area contributed by atoms with Crippen LogP contribution in [0.3, 0.4) is 0 Å². The molecule has 0 atom stereocenters. The number of amides is 3. The maximum absolute atomic E-state index is 12.9. The van der Waals surface area contributed by atoms with E-state index in [9.17, 15) is 19.2 Å². The number of anilines is 1. The number of benzene rings is 1. The Hall–Kier alpha value is -3.30. The lowest BCUT2D eigenvalue weighted by molar-refractivity contribution is -0.137. The molecule has 1 saturated carbocycles.